The molecule has 9 heteroatoms. The van der Waals surface area contributed by atoms with Crippen molar-refractivity contribution in [3.05, 3.63) is 53.1 Å². The van der Waals surface area contributed by atoms with Gasteiger partial charge in [-0.2, -0.15) is 0 Å². The first kappa shape index (κ1) is 22.9. The fourth-order valence-electron chi connectivity index (χ4n) is 4.99. The number of likely N-dealkylation sites (tertiary alicyclic amines) is 1. The van der Waals surface area contributed by atoms with Gasteiger partial charge >= 0.3 is 0 Å². The van der Waals surface area contributed by atoms with Gasteiger partial charge in [-0.15, -0.1) is 0 Å². The summed E-state index contributed by atoms with van der Waals surface area (Å²) in [6, 6.07) is 10.7. The van der Waals surface area contributed by atoms with E-state index in [1.165, 1.54) is 26.0 Å². The second kappa shape index (κ2) is 9.05. The lowest BCUT2D eigenvalue weighted by molar-refractivity contribution is -0.110. The molecule has 3 heterocycles. The van der Waals surface area contributed by atoms with Gasteiger partial charge in [0.25, 0.3) is 5.91 Å². The van der Waals surface area contributed by atoms with Crippen LogP contribution in [0.15, 0.2) is 46.9 Å². The normalized spacial score (nSPS) is 21.1. The van der Waals surface area contributed by atoms with Crippen LogP contribution in [0.2, 0.25) is 0 Å². The first-order valence-electron chi connectivity index (χ1n) is 11.7. The number of amides is 1. The molecule has 3 N–H and O–H groups in total. The molecule has 1 fully saturated rings. The lowest BCUT2D eigenvalue weighted by Gasteiger charge is -2.15. The maximum atomic E-state index is 12.8. The molecule has 0 bridgehead atoms. The number of carbonyl (C=O) groups is 1. The maximum Gasteiger partial charge on any atom is 0.256 e. The maximum absolute atomic E-state index is 12.8. The van der Waals surface area contributed by atoms with Crippen LogP contribution in [0.4, 0.5) is 11.4 Å². The number of fused-ring (bicyclic) bond motifs is 2. The first-order valence-corrected chi connectivity index (χ1v) is 13.2. The van der Waals surface area contributed by atoms with Crippen molar-refractivity contribution >= 4 is 32.9 Å². The predicted molar refractivity (Wildman–Crippen MR) is 133 cm³/mol. The van der Waals surface area contributed by atoms with Crippen LogP contribution in [0.3, 0.4) is 0 Å². The lowest BCUT2D eigenvalue weighted by Crippen LogP contribution is -2.25. The Morgan fingerprint density at radius 3 is 2.68 bits per heavy atom. The Morgan fingerprint density at radius 1 is 1.15 bits per heavy atom. The summed E-state index contributed by atoms with van der Waals surface area (Å²) in [6.07, 6.45) is 3.27. The summed E-state index contributed by atoms with van der Waals surface area (Å²) >= 11 is 0. The number of rotatable bonds is 7. The number of ether oxygens (including phenoxy) is 1. The van der Waals surface area contributed by atoms with Crippen molar-refractivity contribution in [3.63, 3.8) is 0 Å². The highest BCUT2D eigenvalue weighted by atomic mass is 32.2. The minimum Gasteiger partial charge on any atom is -0.492 e. The van der Waals surface area contributed by atoms with E-state index in [1.54, 1.807) is 12.1 Å². The Labute approximate surface area is 200 Å². The smallest absolute Gasteiger partial charge is 0.256 e. The van der Waals surface area contributed by atoms with Gasteiger partial charge in [0.15, 0.2) is 0 Å². The van der Waals surface area contributed by atoms with Gasteiger partial charge in [0, 0.05) is 23.5 Å². The summed E-state index contributed by atoms with van der Waals surface area (Å²) in [7, 11) is -2.24. The molecule has 0 aliphatic carbocycles. The van der Waals surface area contributed by atoms with Crippen LogP contribution in [0.1, 0.15) is 30.9 Å². The number of hydrogen-bond acceptors (Lipinski definition) is 6. The molecule has 1 amide bonds. The van der Waals surface area contributed by atoms with Gasteiger partial charge in [-0.1, -0.05) is 0 Å². The number of sulfonamides is 1. The number of anilines is 2. The zero-order valence-electron chi connectivity index (χ0n) is 19.5. The Morgan fingerprint density at radius 2 is 1.91 bits per heavy atom. The molecule has 180 valence electrons. The topological polar surface area (TPSA) is 99.8 Å². The van der Waals surface area contributed by atoms with Crippen LogP contribution in [0, 0.1) is 0 Å². The summed E-state index contributed by atoms with van der Waals surface area (Å²) in [5, 5.41) is 6.38. The number of benzene rings is 2. The highest BCUT2D eigenvalue weighted by Crippen LogP contribution is 2.39. The molecule has 5 rings (SSSR count). The number of hydrogen-bond donors (Lipinski definition) is 3. The molecule has 3 aliphatic rings. The van der Waals surface area contributed by atoms with Crippen molar-refractivity contribution < 1.29 is 17.9 Å². The SMILES string of the molecule is CNS(=O)(=O)c1ccc2c(c1)/C(=C(\C)C1Cc3cc(OCCN4CCCC4)ccc3N1)C(=O)N2. The monoisotopic (exact) mass is 482 g/mol. The summed E-state index contributed by atoms with van der Waals surface area (Å²) in [4.78, 5) is 15.4. The van der Waals surface area contributed by atoms with Crippen LogP contribution in [-0.4, -0.2) is 58.6 Å². The highest BCUT2D eigenvalue weighted by Gasteiger charge is 2.32. The standard InChI is InChI=1S/C25H30N4O4S/c1-16(24-20-15-19(34(31,32)26-2)6-8-22(20)28-25(24)30)23-14-17-13-18(5-7-21(17)27-23)33-12-11-29-9-3-4-10-29/h5-8,13,15,23,26-27H,3-4,9-12,14H2,1-2H3,(H,28,30)/b24-16-. The Hall–Kier alpha value is -2.88. The third-order valence-electron chi connectivity index (χ3n) is 6.94. The van der Waals surface area contributed by atoms with E-state index in [-0.39, 0.29) is 16.8 Å². The van der Waals surface area contributed by atoms with Crippen molar-refractivity contribution in [2.24, 2.45) is 0 Å². The fourth-order valence-corrected chi connectivity index (χ4v) is 5.74. The molecule has 3 aliphatic heterocycles. The quantitative estimate of drug-likeness (QED) is 0.525. The highest BCUT2D eigenvalue weighted by molar-refractivity contribution is 7.89. The van der Waals surface area contributed by atoms with E-state index in [4.69, 9.17) is 4.74 Å². The Kier molecular flexibility index (Phi) is 6.09. The van der Waals surface area contributed by atoms with Crippen LogP contribution in [0.5, 0.6) is 5.75 Å². The molecule has 1 saturated heterocycles. The molecule has 2 aromatic rings. The zero-order valence-corrected chi connectivity index (χ0v) is 20.3. The molecule has 34 heavy (non-hydrogen) atoms. The Balaban J connectivity index is 1.34. The Bertz CT molecular complexity index is 1270. The molecule has 0 aromatic heterocycles. The average molecular weight is 483 g/mol. The van der Waals surface area contributed by atoms with Gasteiger partial charge < -0.3 is 15.4 Å². The minimum atomic E-state index is -3.61. The van der Waals surface area contributed by atoms with Crippen LogP contribution in [-0.2, 0) is 21.2 Å². The minimum absolute atomic E-state index is 0.0638. The molecule has 0 saturated carbocycles. The lowest BCUT2D eigenvalue weighted by atomic mass is 9.95. The van der Waals surface area contributed by atoms with E-state index in [1.807, 2.05) is 19.1 Å². The summed E-state index contributed by atoms with van der Waals surface area (Å²) < 4.78 is 32.9. The van der Waals surface area contributed by atoms with Gasteiger partial charge in [0.2, 0.25) is 10.0 Å². The number of nitrogens with zero attached hydrogens (tertiary/aromatic N) is 1. The van der Waals surface area contributed by atoms with Gasteiger partial charge in [0.05, 0.1) is 16.5 Å². The van der Waals surface area contributed by atoms with Gasteiger partial charge in [0.1, 0.15) is 12.4 Å². The third-order valence-corrected chi connectivity index (χ3v) is 8.35. The third kappa shape index (κ3) is 4.31. The summed E-state index contributed by atoms with van der Waals surface area (Å²) in [5.41, 5.74) is 4.82. The molecular weight excluding hydrogens is 452 g/mol. The van der Waals surface area contributed by atoms with Gasteiger partial charge in [-0.25, -0.2) is 13.1 Å². The average Bonchev–Trinajstić information content (AvgIpc) is 3.56. The largest absolute Gasteiger partial charge is 0.492 e. The summed E-state index contributed by atoms with van der Waals surface area (Å²) in [6.45, 7) is 5.87. The number of nitrogens with one attached hydrogen (secondary N) is 3. The van der Waals surface area contributed by atoms with Crippen molar-refractivity contribution in [2.75, 3.05) is 43.9 Å². The fraction of sp³-hybridized carbons (Fsp3) is 0.400. The van der Waals surface area contributed by atoms with E-state index >= 15 is 0 Å². The molecule has 1 unspecified atom stereocenters. The molecule has 1 atom stereocenters. The van der Waals surface area contributed by atoms with E-state index in [0.717, 1.165) is 48.6 Å². The van der Waals surface area contributed by atoms with E-state index in [9.17, 15) is 13.2 Å². The predicted octanol–water partition coefficient (Wildman–Crippen LogP) is 2.83. The van der Waals surface area contributed by atoms with Gasteiger partial charge in [-0.3, -0.25) is 9.69 Å². The van der Waals surface area contributed by atoms with Crippen LogP contribution < -0.4 is 20.1 Å². The van der Waals surface area contributed by atoms with Crippen molar-refractivity contribution in [1.82, 2.24) is 9.62 Å². The molecule has 2 aromatic carbocycles. The zero-order chi connectivity index (χ0) is 23.9. The second-order valence-electron chi connectivity index (χ2n) is 9.04. The molecule has 0 spiro atoms. The molecular formula is C25H30N4O4S. The number of carbonyl (C=O) groups excluding carboxylic acids is 1. The second-order valence-corrected chi connectivity index (χ2v) is 10.9. The first-order chi connectivity index (χ1) is 16.4. The molecule has 8 nitrogen and oxygen atoms in total. The van der Waals surface area contributed by atoms with E-state index in [2.05, 4.69) is 26.3 Å². The van der Waals surface area contributed by atoms with Crippen molar-refractivity contribution in [2.45, 2.75) is 37.1 Å². The van der Waals surface area contributed by atoms with E-state index < -0.39 is 10.0 Å². The van der Waals surface area contributed by atoms with Crippen LogP contribution in [0.25, 0.3) is 5.57 Å². The van der Waals surface area contributed by atoms with Crippen LogP contribution >= 0.6 is 0 Å². The van der Waals surface area contributed by atoms with E-state index in [0.29, 0.717) is 23.4 Å². The van der Waals surface area contributed by atoms with Crippen molar-refractivity contribution in [1.29, 1.82) is 0 Å². The summed E-state index contributed by atoms with van der Waals surface area (Å²) in [5.74, 6) is 0.645. The van der Waals surface area contributed by atoms with Crippen molar-refractivity contribution in [3.8, 4) is 5.75 Å². The molecule has 0 radical (unpaired) electrons. The van der Waals surface area contributed by atoms with Gasteiger partial charge in [-0.05, 0) is 93.9 Å².